The SMILES string of the molecule is CC(C)(C)C1C[C@@H]2CN(C3CC4(CCN(C(C)(C)C)CC4)C3)C[C@@H]2C1. The van der Waals surface area contributed by atoms with Crippen molar-refractivity contribution in [3.8, 4) is 0 Å². The molecule has 144 valence electrons. The maximum Gasteiger partial charge on any atom is 0.0125 e. The van der Waals surface area contributed by atoms with Crippen molar-refractivity contribution < 1.29 is 0 Å². The highest BCUT2D eigenvalue weighted by atomic mass is 15.2. The molecular formula is C23H42N2. The molecule has 2 saturated heterocycles. The van der Waals surface area contributed by atoms with Crippen LogP contribution in [-0.4, -0.2) is 47.6 Å². The summed E-state index contributed by atoms with van der Waals surface area (Å²) in [5.41, 5.74) is 1.61. The van der Waals surface area contributed by atoms with Gasteiger partial charge in [0.25, 0.3) is 0 Å². The lowest BCUT2D eigenvalue weighted by molar-refractivity contribution is -0.0543. The van der Waals surface area contributed by atoms with Crippen molar-refractivity contribution in [1.82, 2.24) is 9.80 Å². The molecule has 2 aliphatic carbocycles. The van der Waals surface area contributed by atoms with Crippen LogP contribution >= 0.6 is 0 Å². The van der Waals surface area contributed by atoms with Crippen molar-refractivity contribution >= 4 is 0 Å². The van der Waals surface area contributed by atoms with Crippen LogP contribution in [0.15, 0.2) is 0 Å². The summed E-state index contributed by atoms with van der Waals surface area (Å²) in [5.74, 6) is 3.01. The molecule has 25 heavy (non-hydrogen) atoms. The van der Waals surface area contributed by atoms with E-state index in [0.717, 1.165) is 29.2 Å². The zero-order chi connectivity index (χ0) is 18.0. The topological polar surface area (TPSA) is 6.48 Å². The molecule has 4 aliphatic rings. The van der Waals surface area contributed by atoms with Crippen LogP contribution < -0.4 is 0 Å². The van der Waals surface area contributed by atoms with Gasteiger partial charge in [-0.2, -0.15) is 0 Å². The Kier molecular flexibility index (Phi) is 4.36. The van der Waals surface area contributed by atoms with Gasteiger partial charge in [0.15, 0.2) is 0 Å². The van der Waals surface area contributed by atoms with E-state index in [1.165, 1.54) is 64.7 Å². The van der Waals surface area contributed by atoms with E-state index in [9.17, 15) is 0 Å². The molecule has 0 N–H and O–H groups in total. The summed E-state index contributed by atoms with van der Waals surface area (Å²) in [6, 6.07) is 0.930. The lowest BCUT2D eigenvalue weighted by atomic mass is 9.59. The largest absolute Gasteiger partial charge is 0.300 e. The van der Waals surface area contributed by atoms with Crippen molar-refractivity contribution in [2.45, 2.75) is 91.6 Å². The number of hydrogen-bond donors (Lipinski definition) is 0. The minimum atomic E-state index is 0.362. The van der Waals surface area contributed by atoms with Gasteiger partial charge >= 0.3 is 0 Å². The molecule has 0 aromatic heterocycles. The Hall–Kier alpha value is -0.0800. The number of rotatable bonds is 1. The number of hydrogen-bond acceptors (Lipinski definition) is 2. The van der Waals surface area contributed by atoms with Crippen LogP contribution in [-0.2, 0) is 0 Å². The first-order valence-electron chi connectivity index (χ1n) is 11.0. The average molecular weight is 347 g/mol. The van der Waals surface area contributed by atoms with Crippen molar-refractivity contribution in [3.63, 3.8) is 0 Å². The van der Waals surface area contributed by atoms with E-state index in [4.69, 9.17) is 0 Å². The third kappa shape index (κ3) is 3.43. The molecule has 0 amide bonds. The monoisotopic (exact) mass is 346 g/mol. The molecule has 2 saturated carbocycles. The molecule has 0 bridgehead atoms. The van der Waals surface area contributed by atoms with Gasteiger partial charge in [-0.3, -0.25) is 9.80 Å². The van der Waals surface area contributed by atoms with Crippen LogP contribution in [0.5, 0.6) is 0 Å². The quantitative estimate of drug-likeness (QED) is 0.657. The standard InChI is InChI=1S/C23H42N2/c1-21(2,3)19-11-17-15-24(16-18(17)12-19)20-13-23(14-20)7-9-25(10-8-23)22(4,5)6/h17-20H,7-16H2,1-6H3/t17-,18+,19?. The smallest absolute Gasteiger partial charge is 0.0125 e. The zero-order valence-corrected chi connectivity index (χ0v) is 17.8. The number of likely N-dealkylation sites (tertiary alicyclic amines) is 2. The molecule has 4 rings (SSSR count). The van der Waals surface area contributed by atoms with Crippen LogP contribution in [0.2, 0.25) is 0 Å². The summed E-state index contributed by atoms with van der Waals surface area (Å²) in [5, 5.41) is 0. The van der Waals surface area contributed by atoms with E-state index < -0.39 is 0 Å². The van der Waals surface area contributed by atoms with Crippen molar-refractivity contribution in [2.75, 3.05) is 26.2 Å². The molecule has 0 aromatic rings. The van der Waals surface area contributed by atoms with Gasteiger partial charge in [-0.25, -0.2) is 0 Å². The molecular weight excluding hydrogens is 304 g/mol. The van der Waals surface area contributed by atoms with Crippen molar-refractivity contribution in [1.29, 1.82) is 0 Å². The van der Waals surface area contributed by atoms with Gasteiger partial charge in [0, 0.05) is 24.7 Å². The molecule has 2 heterocycles. The third-order valence-corrected chi connectivity index (χ3v) is 8.63. The summed E-state index contributed by atoms with van der Waals surface area (Å²) < 4.78 is 0. The molecule has 0 radical (unpaired) electrons. The highest BCUT2D eigenvalue weighted by molar-refractivity contribution is 5.05. The third-order valence-electron chi connectivity index (χ3n) is 8.63. The number of fused-ring (bicyclic) bond motifs is 1. The Morgan fingerprint density at radius 3 is 1.76 bits per heavy atom. The molecule has 4 fully saturated rings. The van der Waals surface area contributed by atoms with Gasteiger partial charge < -0.3 is 0 Å². The van der Waals surface area contributed by atoms with Gasteiger partial charge in [-0.1, -0.05) is 20.8 Å². The van der Waals surface area contributed by atoms with Gasteiger partial charge in [0.1, 0.15) is 0 Å². The minimum Gasteiger partial charge on any atom is -0.300 e. The molecule has 2 heteroatoms. The summed E-state index contributed by atoms with van der Waals surface area (Å²) in [6.07, 6.45) is 8.92. The highest BCUT2D eigenvalue weighted by Gasteiger charge is 2.52. The summed E-state index contributed by atoms with van der Waals surface area (Å²) in [7, 11) is 0. The van der Waals surface area contributed by atoms with Crippen LogP contribution in [0.4, 0.5) is 0 Å². The second kappa shape index (κ2) is 5.96. The average Bonchev–Trinajstić information content (AvgIpc) is 3.01. The first-order chi connectivity index (χ1) is 11.6. The van der Waals surface area contributed by atoms with Crippen LogP contribution in [0, 0.1) is 28.6 Å². The van der Waals surface area contributed by atoms with Gasteiger partial charge in [-0.05, 0) is 101 Å². The van der Waals surface area contributed by atoms with Crippen LogP contribution in [0.1, 0.15) is 80.1 Å². The maximum absolute atomic E-state index is 2.91. The second-order valence-electron chi connectivity index (χ2n) is 12.2. The van der Waals surface area contributed by atoms with E-state index in [-0.39, 0.29) is 0 Å². The van der Waals surface area contributed by atoms with Gasteiger partial charge in [0.2, 0.25) is 0 Å². The predicted octanol–water partition coefficient (Wildman–Crippen LogP) is 5.03. The van der Waals surface area contributed by atoms with Crippen molar-refractivity contribution in [2.24, 2.45) is 28.6 Å². The first-order valence-corrected chi connectivity index (χ1v) is 11.0. The Bertz CT molecular complexity index is 467. The molecule has 1 unspecified atom stereocenters. The summed E-state index contributed by atoms with van der Waals surface area (Å²) in [4.78, 5) is 5.62. The maximum atomic E-state index is 2.91. The summed E-state index contributed by atoms with van der Waals surface area (Å²) in [6.45, 7) is 20.0. The molecule has 0 aromatic carbocycles. The normalized spacial score (nSPS) is 37.4. The molecule has 3 atom stereocenters. The minimum absolute atomic E-state index is 0.362. The number of piperidine rings is 1. The van der Waals surface area contributed by atoms with Gasteiger partial charge in [0.05, 0.1) is 0 Å². The molecule has 1 spiro atoms. The molecule has 2 aliphatic heterocycles. The Morgan fingerprint density at radius 1 is 0.800 bits per heavy atom. The Labute approximate surface area is 156 Å². The first kappa shape index (κ1) is 18.3. The lowest BCUT2D eigenvalue weighted by Crippen LogP contribution is -2.57. The predicted molar refractivity (Wildman–Crippen MR) is 107 cm³/mol. The zero-order valence-electron chi connectivity index (χ0n) is 17.8. The number of nitrogens with zero attached hydrogens (tertiary/aromatic N) is 2. The van der Waals surface area contributed by atoms with E-state index in [1.807, 2.05) is 0 Å². The van der Waals surface area contributed by atoms with E-state index in [0.29, 0.717) is 11.0 Å². The fourth-order valence-corrected chi connectivity index (χ4v) is 6.60. The Balaban J connectivity index is 1.25. The summed E-state index contributed by atoms with van der Waals surface area (Å²) >= 11 is 0. The van der Waals surface area contributed by atoms with E-state index in [1.54, 1.807) is 0 Å². The molecule has 2 nitrogen and oxygen atoms in total. The Morgan fingerprint density at radius 2 is 1.32 bits per heavy atom. The van der Waals surface area contributed by atoms with Gasteiger partial charge in [-0.15, -0.1) is 0 Å². The fraction of sp³-hybridized carbons (Fsp3) is 1.00. The van der Waals surface area contributed by atoms with Crippen molar-refractivity contribution in [3.05, 3.63) is 0 Å². The van der Waals surface area contributed by atoms with Crippen LogP contribution in [0.25, 0.3) is 0 Å². The van der Waals surface area contributed by atoms with Crippen LogP contribution in [0.3, 0.4) is 0 Å². The fourth-order valence-electron chi connectivity index (χ4n) is 6.60. The highest BCUT2D eigenvalue weighted by Crippen LogP contribution is 2.55. The second-order valence-corrected chi connectivity index (χ2v) is 12.2. The lowest BCUT2D eigenvalue weighted by Gasteiger charge is -2.56. The van der Waals surface area contributed by atoms with E-state index >= 15 is 0 Å². The van der Waals surface area contributed by atoms with E-state index in [2.05, 4.69) is 51.3 Å².